The maximum Gasteiger partial charge on any atom is 2.00 e. The smallest absolute Gasteiger partial charge is 1.00 e. The van der Waals surface area contributed by atoms with E-state index in [1.54, 1.807) is 11.1 Å². The summed E-state index contributed by atoms with van der Waals surface area (Å²) in [5, 5.41) is 2.93. The van der Waals surface area contributed by atoms with Gasteiger partial charge in [-0.15, -0.1) is 0 Å². The van der Waals surface area contributed by atoms with Gasteiger partial charge in [-0.2, -0.15) is 0 Å². The van der Waals surface area contributed by atoms with Crippen molar-refractivity contribution >= 4 is 48.5 Å². The Morgan fingerprint density at radius 1 is 0.516 bits per heavy atom. The number of hydrogen-bond acceptors (Lipinski definition) is 0. The van der Waals surface area contributed by atoms with Crippen LogP contribution in [0.15, 0.2) is 36.4 Å². The number of hydrogen-bond donors (Lipinski definition) is 0. The molecule has 0 bridgehead atoms. The second-order valence-corrected chi connectivity index (χ2v) is 9.37. The Kier molecular flexibility index (Phi) is 18.2. The van der Waals surface area contributed by atoms with Gasteiger partial charge in [-0.1, -0.05) is 140 Å². The number of benzene rings is 2. The molecule has 0 unspecified atom stereocenters. The van der Waals surface area contributed by atoms with Crippen molar-refractivity contribution in [3.63, 3.8) is 0 Å². The molecule has 0 amide bonds. The molecule has 2 rings (SSSR count). The number of fused-ring (bicyclic) bond motifs is 1. The first-order valence-electron chi connectivity index (χ1n) is 13.4. The molecule has 0 spiro atoms. The summed E-state index contributed by atoms with van der Waals surface area (Å²) in [4.78, 5) is 0. The molecule has 2 aromatic carbocycles. The van der Waals surface area contributed by atoms with Gasteiger partial charge in [0.05, 0.1) is 0 Å². The van der Waals surface area contributed by atoms with Crippen molar-refractivity contribution in [2.45, 2.75) is 129 Å². The zero-order valence-corrected chi connectivity index (χ0v) is 23.1. The largest absolute Gasteiger partial charge is 2.00 e. The summed E-state index contributed by atoms with van der Waals surface area (Å²) >= 11 is 0. The molecule has 0 aromatic heterocycles. The van der Waals surface area contributed by atoms with Gasteiger partial charge in [-0.05, 0) is 47.6 Å². The van der Waals surface area contributed by atoms with Crippen molar-refractivity contribution in [1.82, 2.24) is 0 Å². The Balaban J connectivity index is 0. The molecule has 1 heteroatoms. The first kappa shape index (κ1) is 29.0. The molecule has 0 N–H and O–H groups in total. The molecule has 0 heterocycles. The monoisotopic (exact) mass is 450 g/mol. The van der Waals surface area contributed by atoms with Crippen LogP contribution in [0.4, 0.5) is 0 Å². The normalized spacial score (nSPS) is 11.0. The Morgan fingerprint density at radius 2 is 1.00 bits per heavy atom. The van der Waals surface area contributed by atoms with E-state index < -0.39 is 0 Å². The fourth-order valence-electron chi connectivity index (χ4n) is 4.80. The van der Waals surface area contributed by atoms with Gasteiger partial charge in [0, 0.05) is 0 Å². The van der Waals surface area contributed by atoms with Crippen LogP contribution in [-0.4, -0.2) is 37.7 Å². The van der Waals surface area contributed by atoms with Crippen LogP contribution >= 0.6 is 0 Å². The topological polar surface area (TPSA) is 0 Å². The molecule has 0 radical (unpaired) electrons. The zero-order valence-electron chi connectivity index (χ0n) is 22.9. The summed E-state index contributed by atoms with van der Waals surface area (Å²) < 4.78 is 0. The van der Waals surface area contributed by atoms with E-state index in [0.717, 1.165) is 0 Å². The molecule has 2 aromatic rings. The molecule has 0 aliphatic carbocycles. The summed E-state index contributed by atoms with van der Waals surface area (Å²) in [7, 11) is 0. The summed E-state index contributed by atoms with van der Waals surface area (Å²) in [6.07, 6.45) is 25.0. The Labute approximate surface area is 226 Å². The second kappa shape index (κ2) is 19.4. The average molecular weight is 451 g/mol. The molecule has 0 fully saturated rings. The Hall–Kier alpha value is -0.0403. The second-order valence-electron chi connectivity index (χ2n) is 9.37. The van der Waals surface area contributed by atoms with Crippen molar-refractivity contribution in [3.05, 3.63) is 47.5 Å². The predicted molar refractivity (Wildman–Crippen MR) is 145 cm³/mol. The third-order valence-corrected chi connectivity index (χ3v) is 6.72. The van der Waals surface area contributed by atoms with Crippen molar-refractivity contribution < 1.29 is 2.85 Å². The van der Waals surface area contributed by atoms with Gasteiger partial charge >= 0.3 is 37.7 Å². The van der Waals surface area contributed by atoms with Crippen LogP contribution in [0.2, 0.25) is 0 Å². The van der Waals surface area contributed by atoms with Gasteiger partial charge in [0.25, 0.3) is 0 Å². The standard InChI is InChI=1S/C30H48.Ca.2H/c1-3-5-7-9-11-13-15-17-21-27-25-26-28-22-19-20-24-30(28)29(27)23-18-16-14-12-10-8-6-4-2;;;/h19-20,22,24-26H,3-18,21,23H2,1-2H3;;;/q;+2;2*-1. The van der Waals surface area contributed by atoms with Crippen LogP contribution in [0.25, 0.3) is 10.8 Å². The van der Waals surface area contributed by atoms with Crippen LogP contribution in [0.3, 0.4) is 0 Å². The summed E-state index contributed by atoms with van der Waals surface area (Å²) in [6.45, 7) is 4.60. The molecule has 0 aliphatic heterocycles. The Bertz CT molecular complexity index is 686. The van der Waals surface area contributed by atoms with E-state index in [0.29, 0.717) is 0 Å². The molecule has 0 atom stereocenters. The maximum absolute atomic E-state index is 2.43. The van der Waals surface area contributed by atoms with Gasteiger partial charge in [0.2, 0.25) is 0 Å². The molecular weight excluding hydrogens is 400 g/mol. The molecular formula is C30H50Ca. The SMILES string of the molecule is CCCCCCCCCCc1ccc2ccccc2c1CCCCCCCCCC.[Ca+2].[H-].[H-]. The van der Waals surface area contributed by atoms with E-state index in [1.165, 1.54) is 126 Å². The summed E-state index contributed by atoms with van der Waals surface area (Å²) in [6, 6.07) is 13.8. The first-order valence-corrected chi connectivity index (χ1v) is 13.4. The fourth-order valence-corrected chi connectivity index (χ4v) is 4.80. The third-order valence-electron chi connectivity index (χ3n) is 6.72. The first-order chi connectivity index (χ1) is 14.9. The van der Waals surface area contributed by atoms with Crippen molar-refractivity contribution in [2.24, 2.45) is 0 Å². The van der Waals surface area contributed by atoms with Crippen molar-refractivity contribution in [3.8, 4) is 0 Å². The molecule has 172 valence electrons. The van der Waals surface area contributed by atoms with Crippen LogP contribution in [0.1, 0.15) is 131 Å². The van der Waals surface area contributed by atoms with Crippen LogP contribution in [0, 0.1) is 0 Å². The number of aryl methyl sites for hydroxylation is 2. The molecule has 0 saturated carbocycles. The van der Waals surface area contributed by atoms with E-state index in [4.69, 9.17) is 0 Å². The van der Waals surface area contributed by atoms with E-state index in [2.05, 4.69) is 50.2 Å². The van der Waals surface area contributed by atoms with Crippen LogP contribution in [0.5, 0.6) is 0 Å². The minimum atomic E-state index is 0. The van der Waals surface area contributed by atoms with Gasteiger partial charge in [0.1, 0.15) is 0 Å². The van der Waals surface area contributed by atoms with Gasteiger partial charge < -0.3 is 2.85 Å². The van der Waals surface area contributed by atoms with E-state index in [-0.39, 0.29) is 40.6 Å². The van der Waals surface area contributed by atoms with Gasteiger partial charge in [-0.3, -0.25) is 0 Å². The summed E-state index contributed by atoms with van der Waals surface area (Å²) in [5.74, 6) is 0. The minimum Gasteiger partial charge on any atom is -1.00 e. The average Bonchev–Trinajstić information content (AvgIpc) is 2.78. The fraction of sp³-hybridized carbons (Fsp3) is 0.667. The molecule has 0 nitrogen and oxygen atoms in total. The number of unbranched alkanes of at least 4 members (excludes halogenated alkanes) is 14. The molecule has 0 saturated heterocycles. The van der Waals surface area contributed by atoms with Gasteiger partial charge in [0.15, 0.2) is 0 Å². The molecule has 31 heavy (non-hydrogen) atoms. The van der Waals surface area contributed by atoms with Gasteiger partial charge in [-0.25, -0.2) is 0 Å². The van der Waals surface area contributed by atoms with Crippen molar-refractivity contribution in [1.29, 1.82) is 0 Å². The molecule has 0 aliphatic rings. The van der Waals surface area contributed by atoms with Crippen LogP contribution in [-0.2, 0) is 12.8 Å². The van der Waals surface area contributed by atoms with E-state index in [9.17, 15) is 0 Å². The minimum absolute atomic E-state index is 0. The quantitative estimate of drug-likeness (QED) is 0.156. The third kappa shape index (κ3) is 12.1. The predicted octanol–water partition coefficient (Wildman–Crippen LogP) is 10.1. The summed E-state index contributed by atoms with van der Waals surface area (Å²) in [5.41, 5.74) is 3.28. The maximum atomic E-state index is 2.43. The zero-order chi connectivity index (χ0) is 21.3. The Morgan fingerprint density at radius 3 is 1.58 bits per heavy atom. The number of rotatable bonds is 18. The van der Waals surface area contributed by atoms with E-state index in [1.807, 2.05) is 0 Å². The van der Waals surface area contributed by atoms with E-state index >= 15 is 0 Å². The van der Waals surface area contributed by atoms with Crippen molar-refractivity contribution in [2.75, 3.05) is 0 Å². The van der Waals surface area contributed by atoms with Crippen LogP contribution < -0.4 is 0 Å².